The van der Waals surface area contributed by atoms with Crippen LogP contribution in [-0.4, -0.2) is 13.2 Å². The van der Waals surface area contributed by atoms with Crippen molar-refractivity contribution >= 4 is 21.5 Å². The van der Waals surface area contributed by atoms with Gasteiger partial charge in [-0.25, -0.2) is 0 Å². The predicted molar refractivity (Wildman–Crippen MR) is 139 cm³/mol. The summed E-state index contributed by atoms with van der Waals surface area (Å²) in [6.07, 6.45) is 14.8. The van der Waals surface area contributed by atoms with Gasteiger partial charge in [-0.2, -0.15) is 0 Å². The van der Waals surface area contributed by atoms with Crippen LogP contribution in [0.4, 0.5) is 0 Å². The Morgan fingerprint density at radius 3 is 1.38 bits per heavy atom. The summed E-state index contributed by atoms with van der Waals surface area (Å²) in [7, 11) is 0. The molecule has 0 N–H and O–H groups in total. The van der Waals surface area contributed by atoms with Gasteiger partial charge in [0, 0.05) is 21.5 Å². The van der Waals surface area contributed by atoms with E-state index in [2.05, 4.69) is 88.4 Å². The monoisotopic (exact) mass is 430 g/mol. The summed E-state index contributed by atoms with van der Waals surface area (Å²) in [5.41, 5.74) is 2.63. The fourth-order valence-electron chi connectivity index (χ4n) is 4.02. The Morgan fingerprint density at radius 2 is 1.00 bits per heavy atom. The maximum atomic E-state index is 6.45. The Morgan fingerprint density at radius 1 is 0.562 bits per heavy atom. The molecule has 3 aromatic carbocycles. The number of hydrogen-bond donors (Lipinski definition) is 0. The zero-order chi connectivity index (χ0) is 22.8. The molecular formula is C30H38O2. The summed E-state index contributed by atoms with van der Waals surface area (Å²) in [5, 5.41) is 4.59. The van der Waals surface area contributed by atoms with Crippen molar-refractivity contribution in [3.63, 3.8) is 0 Å². The normalized spacial score (nSPS) is 11.9. The highest BCUT2D eigenvalue weighted by Gasteiger charge is 2.17. The average Bonchev–Trinajstić information content (AvgIpc) is 2.83. The van der Waals surface area contributed by atoms with Crippen LogP contribution in [-0.2, 0) is 12.8 Å². The summed E-state index contributed by atoms with van der Waals surface area (Å²) in [6.45, 7) is 10.1. The highest BCUT2D eigenvalue weighted by Crippen LogP contribution is 2.43. The fourth-order valence-corrected chi connectivity index (χ4v) is 4.02. The van der Waals surface area contributed by atoms with E-state index < -0.39 is 0 Å². The molecule has 0 unspecified atom stereocenters. The smallest absolute Gasteiger partial charge is 0.135 e. The molecule has 0 saturated heterocycles. The lowest BCUT2D eigenvalue weighted by Crippen LogP contribution is -2.02. The van der Waals surface area contributed by atoms with Crippen molar-refractivity contribution in [3.05, 3.63) is 71.8 Å². The molecule has 0 aliphatic rings. The molecule has 0 spiro atoms. The molecule has 170 valence electrons. The number of rotatable bonds is 12. The first-order valence-electron chi connectivity index (χ1n) is 12.3. The topological polar surface area (TPSA) is 18.5 Å². The highest BCUT2D eigenvalue weighted by molar-refractivity contribution is 6.11. The van der Waals surface area contributed by atoms with E-state index in [1.165, 1.54) is 11.1 Å². The summed E-state index contributed by atoms with van der Waals surface area (Å²) >= 11 is 0. The first-order valence-corrected chi connectivity index (χ1v) is 12.3. The highest BCUT2D eigenvalue weighted by atomic mass is 16.5. The number of allylic oxidation sites excluding steroid dienone is 2. The second kappa shape index (κ2) is 12.3. The second-order valence-corrected chi connectivity index (χ2v) is 8.16. The van der Waals surface area contributed by atoms with Crippen LogP contribution in [0.3, 0.4) is 0 Å². The van der Waals surface area contributed by atoms with E-state index in [1.54, 1.807) is 0 Å². The van der Waals surface area contributed by atoms with Crippen molar-refractivity contribution in [2.75, 3.05) is 13.2 Å². The number of ether oxygens (including phenoxy) is 2. The Balaban J connectivity index is 2.13. The lowest BCUT2D eigenvalue weighted by atomic mass is 9.96. The molecule has 0 fully saturated rings. The van der Waals surface area contributed by atoms with Gasteiger partial charge in [-0.3, -0.25) is 0 Å². The molecule has 3 rings (SSSR count). The molecule has 0 atom stereocenters. The van der Waals surface area contributed by atoms with Gasteiger partial charge < -0.3 is 9.47 Å². The number of fused-ring (bicyclic) bond motifs is 2. The lowest BCUT2D eigenvalue weighted by molar-refractivity contribution is 0.327. The minimum absolute atomic E-state index is 0.675. The van der Waals surface area contributed by atoms with E-state index >= 15 is 0 Å². The molecule has 2 heteroatoms. The molecule has 0 aliphatic carbocycles. The van der Waals surface area contributed by atoms with Crippen molar-refractivity contribution in [1.82, 2.24) is 0 Å². The zero-order valence-corrected chi connectivity index (χ0v) is 20.2. The van der Waals surface area contributed by atoms with Crippen LogP contribution < -0.4 is 9.47 Å². The van der Waals surface area contributed by atoms with Gasteiger partial charge in [-0.05, 0) is 61.8 Å². The van der Waals surface area contributed by atoms with Gasteiger partial charge >= 0.3 is 0 Å². The van der Waals surface area contributed by atoms with Crippen LogP contribution in [0.25, 0.3) is 21.5 Å². The molecule has 0 radical (unpaired) electrons. The van der Waals surface area contributed by atoms with Crippen LogP contribution in [0.15, 0.2) is 60.7 Å². The molecule has 0 aromatic heterocycles. The Hall–Kier alpha value is -2.74. The minimum atomic E-state index is 0.675. The van der Waals surface area contributed by atoms with E-state index in [1.807, 2.05) is 0 Å². The molecular weight excluding hydrogens is 392 g/mol. The minimum Gasteiger partial charge on any atom is -0.492 e. The summed E-state index contributed by atoms with van der Waals surface area (Å²) in [4.78, 5) is 0. The third kappa shape index (κ3) is 5.73. The molecule has 0 aliphatic heterocycles. The SMILES string of the molecule is CC/C=C/CCOc1c2ccc(CC)cc2c(OCC/C=C/CC)c2ccc(CC)cc12. The Bertz CT molecular complexity index is 988. The largest absolute Gasteiger partial charge is 0.492 e. The molecule has 3 aromatic rings. The van der Waals surface area contributed by atoms with Gasteiger partial charge in [-0.15, -0.1) is 0 Å². The van der Waals surface area contributed by atoms with Crippen LogP contribution in [0.2, 0.25) is 0 Å². The van der Waals surface area contributed by atoms with Gasteiger partial charge in [0.1, 0.15) is 11.5 Å². The van der Waals surface area contributed by atoms with Crippen LogP contribution >= 0.6 is 0 Å². The quantitative estimate of drug-likeness (QED) is 0.163. The van der Waals surface area contributed by atoms with Crippen LogP contribution in [0, 0.1) is 0 Å². The first kappa shape index (κ1) is 23.9. The molecule has 0 heterocycles. The average molecular weight is 431 g/mol. The van der Waals surface area contributed by atoms with Crippen LogP contribution in [0.1, 0.15) is 64.5 Å². The standard InChI is InChI=1S/C30H38O2/c1-5-9-11-13-19-31-29-25-17-15-24(8-4)22-28(25)30(32-20-14-12-10-6-2)26-18-16-23(7-3)21-27(26)29/h9-12,15-18,21-22H,5-8,13-14,19-20H2,1-4H3/b11-9+,12-10+. The van der Waals surface area contributed by atoms with Crippen molar-refractivity contribution in [3.8, 4) is 11.5 Å². The van der Waals surface area contributed by atoms with E-state index in [-0.39, 0.29) is 0 Å². The number of hydrogen-bond acceptors (Lipinski definition) is 2. The number of aryl methyl sites for hydroxylation is 2. The Kier molecular flexibility index (Phi) is 9.22. The Labute approximate surface area is 193 Å². The van der Waals surface area contributed by atoms with Crippen LogP contribution in [0.5, 0.6) is 11.5 Å². The second-order valence-electron chi connectivity index (χ2n) is 8.16. The first-order chi connectivity index (χ1) is 15.7. The number of benzene rings is 3. The van der Waals surface area contributed by atoms with Crippen molar-refractivity contribution < 1.29 is 9.47 Å². The summed E-state index contributed by atoms with van der Waals surface area (Å²) in [5.74, 6) is 1.96. The fraction of sp³-hybridized carbons (Fsp3) is 0.400. The van der Waals surface area contributed by atoms with Gasteiger partial charge in [0.2, 0.25) is 0 Å². The van der Waals surface area contributed by atoms with Crippen molar-refractivity contribution in [1.29, 1.82) is 0 Å². The predicted octanol–water partition coefficient (Wildman–Crippen LogP) is 8.59. The zero-order valence-electron chi connectivity index (χ0n) is 20.2. The third-order valence-electron chi connectivity index (χ3n) is 5.83. The maximum Gasteiger partial charge on any atom is 0.135 e. The van der Waals surface area contributed by atoms with Gasteiger partial charge in [-0.1, -0.05) is 76.3 Å². The van der Waals surface area contributed by atoms with E-state index in [9.17, 15) is 0 Å². The van der Waals surface area contributed by atoms with E-state index in [0.29, 0.717) is 13.2 Å². The molecule has 2 nitrogen and oxygen atoms in total. The van der Waals surface area contributed by atoms with E-state index in [0.717, 1.165) is 71.6 Å². The molecule has 0 amide bonds. The maximum absolute atomic E-state index is 6.45. The molecule has 0 saturated carbocycles. The van der Waals surface area contributed by atoms with E-state index in [4.69, 9.17) is 9.47 Å². The van der Waals surface area contributed by atoms with Crippen molar-refractivity contribution in [2.24, 2.45) is 0 Å². The van der Waals surface area contributed by atoms with Gasteiger partial charge in [0.05, 0.1) is 13.2 Å². The molecule has 0 bridgehead atoms. The third-order valence-corrected chi connectivity index (χ3v) is 5.83. The summed E-state index contributed by atoms with van der Waals surface area (Å²) < 4.78 is 12.9. The van der Waals surface area contributed by atoms with Gasteiger partial charge in [0.25, 0.3) is 0 Å². The van der Waals surface area contributed by atoms with Crippen molar-refractivity contribution in [2.45, 2.75) is 66.2 Å². The summed E-state index contributed by atoms with van der Waals surface area (Å²) in [6, 6.07) is 13.4. The lowest BCUT2D eigenvalue weighted by Gasteiger charge is -2.19. The molecule has 32 heavy (non-hydrogen) atoms. The van der Waals surface area contributed by atoms with Gasteiger partial charge in [0.15, 0.2) is 0 Å².